The second-order valence-electron chi connectivity index (χ2n) is 4.43. The smallest absolute Gasteiger partial charge is 0.228 e. The maximum Gasteiger partial charge on any atom is 0.228 e. The van der Waals surface area contributed by atoms with Crippen LogP contribution in [0.5, 0.6) is 0 Å². The van der Waals surface area contributed by atoms with Gasteiger partial charge in [0.05, 0.1) is 6.42 Å². The molecule has 1 aliphatic rings. The van der Waals surface area contributed by atoms with Crippen molar-refractivity contribution in [3.63, 3.8) is 0 Å². The zero-order valence-corrected chi connectivity index (χ0v) is 11.7. The summed E-state index contributed by atoms with van der Waals surface area (Å²) in [6, 6.07) is 9.88. The minimum atomic E-state index is 0.0645. The van der Waals surface area contributed by atoms with Gasteiger partial charge in [-0.3, -0.25) is 4.79 Å². The first-order chi connectivity index (χ1) is 9.20. The lowest BCUT2D eigenvalue weighted by Crippen LogP contribution is -2.03. The van der Waals surface area contributed by atoms with Crippen LogP contribution in [-0.4, -0.2) is 10.9 Å². The van der Waals surface area contributed by atoms with Crippen molar-refractivity contribution in [1.82, 2.24) is 4.98 Å². The molecule has 0 atom stereocenters. The maximum absolute atomic E-state index is 11.3. The summed E-state index contributed by atoms with van der Waals surface area (Å²) in [6.07, 6.45) is 2.23. The van der Waals surface area contributed by atoms with Crippen molar-refractivity contribution in [2.24, 2.45) is 0 Å². The number of benzene rings is 1. The van der Waals surface area contributed by atoms with Gasteiger partial charge in [0.15, 0.2) is 0 Å². The number of hydrogen-bond acceptors (Lipinski definition) is 3. The summed E-state index contributed by atoms with van der Waals surface area (Å²) in [4.78, 5) is 15.5. The van der Waals surface area contributed by atoms with E-state index in [4.69, 9.17) is 0 Å². The normalized spacial score (nSPS) is 13.0. The number of halogens is 1. The van der Waals surface area contributed by atoms with Gasteiger partial charge < -0.3 is 10.6 Å². The van der Waals surface area contributed by atoms with Gasteiger partial charge in [-0.05, 0) is 45.3 Å². The molecule has 0 spiro atoms. The van der Waals surface area contributed by atoms with E-state index in [-0.39, 0.29) is 5.91 Å². The van der Waals surface area contributed by atoms with Gasteiger partial charge in [0.1, 0.15) is 5.82 Å². The van der Waals surface area contributed by atoms with E-state index in [1.165, 1.54) is 0 Å². The third kappa shape index (κ3) is 2.76. The Balaban J connectivity index is 1.69. The molecule has 1 aliphatic heterocycles. The van der Waals surface area contributed by atoms with Crippen LogP contribution >= 0.6 is 15.9 Å². The van der Waals surface area contributed by atoms with Crippen LogP contribution in [0.1, 0.15) is 11.1 Å². The van der Waals surface area contributed by atoms with E-state index >= 15 is 0 Å². The van der Waals surface area contributed by atoms with Crippen LogP contribution in [0, 0.1) is 0 Å². The predicted molar refractivity (Wildman–Crippen MR) is 78.0 cm³/mol. The second kappa shape index (κ2) is 5.01. The average molecular weight is 318 g/mol. The molecule has 0 unspecified atom stereocenters. The molecule has 2 N–H and O–H groups in total. The zero-order valence-electron chi connectivity index (χ0n) is 10.1. The number of rotatable bonds is 3. The summed E-state index contributed by atoms with van der Waals surface area (Å²) in [5.41, 5.74) is 3.13. The molecule has 5 heteroatoms. The number of anilines is 2. The summed E-state index contributed by atoms with van der Waals surface area (Å²) in [7, 11) is 0. The van der Waals surface area contributed by atoms with Gasteiger partial charge in [0.25, 0.3) is 0 Å². The van der Waals surface area contributed by atoms with Gasteiger partial charge in [0, 0.05) is 22.9 Å². The molecule has 0 bridgehead atoms. The minimum absolute atomic E-state index is 0.0645. The Morgan fingerprint density at radius 1 is 1.32 bits per heavy atom. The average Bonchev–Trinajstić information content (AvgIpc) is 2.77. The van der Waals surface area contributed by atoms with Crippen molar-refractivity contribution in [1.29, 1.82) is 0 Å². The number of aromatic nitrogens is 1. The fourth-order valence-electron chi connectivity index (χ4n) is 2.07. The number of nitrogens with one attached hydrogen (secondary N) is 2. The molecule has 2 aromatic rings. The molecule has 19 heavy (non-hydrogen) atoms. The number of amides is 1. The highest BCUT2D eigenvalue weighted by atomic mass is 79.9. The Labute approximate surface area is 119 Å². The molecule has 2 heterocycles. The van der Waals surface area contributed by atoms with Crippen molar-refractivity contribution in [3.8, 4) is 0 Å². The lowest BCUT2D eigenvalue weighted by Gasteiger charge is -2.07. The maximum atomic E-state index is 11.3. The number of pyridine rings is 1. The first-order valence-corrected chi connectivity index (χ1v) is 6.77. The fraction of sp³-hybridized carbons (Fsp3) is 0.143. The summed E-state index contributed by atoms with van der Waals surface area (Å²) in [5, 5.41) is 6.08. The van der Waals surface area contributed by atoms with E-state index < -0.39 is 0 Å². The summed E-state index contributed by atoms with van der Waals surface area (Å²) in [5.74, 6) is 0.896. The van der Waals surface area contributed by atoms with Crippen LogP contribution < -0.4 is 10.6 Å². The largest absolute Gasteiger partial charge is 0.366 e. The summed E-state index contributed by atoms with van der Waals surface area (Å²) in [6.45, 7) is 0.691. The molecule has 0 fully saturated rings. The molecule has 3 rings (SSSR count). The second-order valence-corrected chi connectivity index (χ2v) is 5.35. The molecular formula is C14H12BrN3O. The standard InChI is InChI=1S/C14H12BrN3O/c15-11-2-4-13(17-8-11)16-7-9-1-3-12-10(5-9)6-14(19)18-12/h1-5,8H,6-7H2,(H,16,17)(H,18,19). The van der Waals surface area contributed by atoms with Crippen molar-refractivity contribution < 1.29 is 4.79 Å². The van der Waals surface area contributed by atoms with Crippen LogP contribution in [0.25, 0.3) is 0 Å². The third-order valence-corrected chi connectivity index (χ3v) is 3.46. The van der Waals surface area contributed by atoms with E-state index in [0.29, 0.717) is 13.0 Å². The number of fused-ring (bicyclic) bond motifs is 1. The van der Waals surface area contributed by atoms with Crippen LogP contribution in [0.3, 0.4) is 0 Å². The Hall–Kier alpha value is -1.88. The van der Waals surface area contributed by atoms with Gasteiger partial charge in [0.2, 0.25) is 5.91 Å². The van der Waals surface area contributed by atoms with Crippen molar-refractivity contribution in [2.45, 2.75) is 13.0 Å². The number of carbonyl (C=O) groups is 1. The highest BCUT2D eigenvalue weighted by molar-refractivity contribution is 9.10. The molecule has 4 nitrogen and oxygen atoms in total. The van der Waals surface area contributed by atoms with E-state index in [0.717, 1.165) is 27.1 Å². The number of nitrogens with zero attached hydrogens (tertiary/aromatic N) is 1. The molecule has 1 aromatic carbocycles. The monoisotopic (exact) mass is 317 g/mol. The van der Waals surface area contributed by atoms with E-state index in [1.807, 2.05) is 24.3 Å². The molecule has 1 aromatic heterocycles. The highest BCUT2D eigenvalue weighted by Crippen LogP contribution is 2.24. The van der Waals surface area contributed by atoms with E-state index in [1.54, 1.807) is 6.20 Å². The van der Waals surface area contributed by atoms with Crippen LogP contribution in [0.2, 0.25) is 0 Å². The summed E-state index contributed by atoms with van der Waals surface area (Å²) < 4.78 is 0.958. The highest BCUT2D eigenvalue weighted by Gasteiger charge is 2.17. The quantitative estimate of drug-likeness (QED) is 0.915. The van der Waals surface area contributed by atoms with Gasteiger partial charge in [-0.1, -0.05) is 12.1 Å². The van der Waals surface area contributed by atoms with Gasteiger partial charge in [-0.25, -0.2) is 4.98 Å². The molecule has 0 saturated heterocycles. The van der Waals surface area contributed by atoms with E-state index in [2.05, 4.69) is 37.6 Å². The Kier molecular flexibility index (Phi) is 3.21. The predicted octanol–water partition coefficient (Wildman–Crippen LogP) is 2.95. The Morgan fingerprint density at radius 3 is 3.00 bits per heavy atom. The van der Waals surface area contributed by atoms with Crippen molar-refractivity contribution in [3.05, 3.63) is 52.1 Å². The van der Waals surface area contributed by atoms with Crippen LogP contribution in [0.15, 0.2) is 41.0 Å². The molecule has 0 aliphatic carbocycles. The lowest BCUT2D eigenvalue weighted by atomic mass is 10.1. The van der Waals surface area contributed by atoms with Crippen molar-refractivity contribution in [2.75, 3.05) is 10.6 Å². The topological polar surface area (TPSA) is 54.0 Å². The minimum Gasteiger partial charge on any atom is -0.366 e. The first kappa shape index (κ1) is 12.2. The SMILES string of the molecule is O=C1Cc2cc(CNc3ccc(Br)cn3)ccc2N1. The molecule has 0 saturated carbocycles. The molecular weight excluding hydrogens is 306 g/mol. The molecule has 0 radical (unpaired) electrons. The molecule has 96 valence electrons. The number of hydrogen-bond donors (Lipinski definition) is 2. The first-order valence-electron chi connectivity index (χ1n) is 5.98. The molecule has 1 amide bonds. The van der Waals surface area contributed by atoms with Gasteiger partial charge >= 0.3 is 0 Å². The Bertz CT molecular complexity index is 625. The van der Waals surface area contributed by atoms with Gasteiger partial charge in [-0.2, -0.15) is 0 Å². The van der Waals surface area contributed by atoms with Crippen LogP contribution in [0.4, 0.5) is 11.5 Å². The fourth-order valence-corrected chi connectivity index (χ4v) is 2.30. The summed E-state index contributed by atoms with van der Waals surface area (Å²) >= 11 is 3.35. The zero-order chi connectivity index (χ0) is 13.2. The third-order valence-electron chi connectivity index (χ3n) is 3.00. The number of carbonyl (C=O) groups excluding carboxylic acids is 1. The van der Waals surface area contributed by atoms with Gasteiger partial charge in [-0.15, -0.1) is 0 Å². The lowest BCUT2D eigenvalue weighted by molar-refractivity contribution is -0.115. The van der Waals surface area contributed by atoms with Crippen molar-refractivity contribution >= 4 is 33.3 Å². The Morgan fingerprint density at radius 2 is 2.21 bits per heavy atom. The van der Waals surface area contributed by atoms with Crippen LogP contribution in [-0.2, 0) is 17.8 Å². The van der Waals surface area contributed by atoms with E-state index in [9.17, 15) is 4.79 Å².